The Kier molecular flexibility index (Phi) is 8.01. The van der Waals surface area contributed by atoms with E-state index < -0.39 is 28.4 Å². The monoisotopic (exact) mass is 739 g/mol. The Hall–Kier alpha value is -5.25. The van der Waals surface area contributed by atoms with Crippen molar-refractivity contribution in [3.05, 3.63) is 89.9 Å². The average Bonchev–Trinajstić information content (AvgIpc) is 3.77. The van der Waals surface area contributed by atoms with Crippen molar-refractivity contribution in [3.8, 4) is 17.3 Å². The summed E-state index contributed by atoms with van der Waals surface area (Å²) in [5, 5.41) is 12.8. The van der Waals surface area contributed by atoms with Crippen molar-refractivity contribution in [2.75, 3.05) is 29.9 Å². The lowest BCUT2D eigenvalue weighted by molar-refractivity contribution is -0.118. The summed E-state index contributed by atoms with van der Waals surface area (Å²) in [4.78, 5) is 33.0. The lowest BCUT2D eigenvalue weighted by Crippen LogP contribution is -2.51. The highest BCUT2D eigenvalue weighted by molar-refractivity contribution is 7.89. The Labute approximate surface area is 302 Å². The maximum atomic E-state index is 16.7. The highest BCUT2D eigenvalue weighted by atomic mass is 35.5. The number of benzene rings is 3. The van der Waals surface area contributed by atoms with Gasteiger partial charge in [-0.25, -0.2) is 9.37 Å². The highest BCUT2D eigenvalue weighted by Crippen LogP contribution is 2.39. The van der Waals surface area contributed by atoms with Crippen molar-refractivity contribution < 1.29 is 22.3 Å². The van der Waals surface area contributed by atoms with Gasteiger partial charge in [-0.15, -0.1) is 9.19 Å². The molecule has 5 heterocycles. The summed E-state index contributed by atoms with van der Waals surface area (Å²) in [6.45, 7) is 0.780. The van der Waals surface area contributed by atoms with E-state index in [-0.39, 0.29) is 45.8 Å². The first-order valence-corrected chi connectivity index (χ1v) is 18.8. The number of piperazine rings is 1. The molecule has 6 aromatic rings. The zero-order valence-electron chi connectivity index (χ0n) is 27.5. The number of carbonyl (C=O) groups excluding carboxylic acids is 1. The standard InChI is InChI=1S/C36H31ClFN9O4S/c37-28-9-2-5-20-4-1-8-26(30(20)28)32-31(38)33-27(15-39-32)35(46-16-23-12-13-24(17-46)41-23)44-36(43-33)51-18-29(48)42-22-6-3-7-25(14-22)52(49,50)47-19-40-34(45-47)21-10-11-21/h1-9,14-15,19,21,23-24,41H,10-13,16-18H2,(H,42,48). The number of nitrogens with zero attached hydrogens (tertiary/aromatic N) is 7. The van der Waals surface area contributed by atoms with Gasteiger partial charge in [-0.2, -0.15) is 18.4 Å². The fourth-order valence-corrected chi connectivity index (χ4v) is 8.44. The van der Waals surface area contributed by atoms with Gasteiger partial charge in [-0.3, -0.25) is 9.78 Å². The molecule has 9 rings (SSSR count). The summed E-state index contributed by atoms with van der Waals surface area (Å²) in [6, 6.07) is 17.1. The zero-order valence-corrected chi connectivity index (χ0v) is 29.1. The Morgan fingerprint density at radius 1 is 1.00 bits per heavy atom. The van der Waals surface area contributed by atoms with Gasteiger partial charge in [0.2, 0.25) is 0 Å². The molecule has 1 amide bonds. The van der Waals surface area contributed by atoms with E-state index in [0.29, 0.717) is 46.1 Å². The lowest BCUT2D eigenvalue weighted by atomic mass is 10.0. The summed E-state index contributed by atoms with van der Waals surface area (Å²) in [6.07, 6.45) is 6.67. The number of aromatic nitrogens is 6. The number of amides is 1. The van der Waals surface area contributed by atoms with Crippen LogP contribution in [0.25, 0.3) is 32.9 Å². The van der Waals surface area contributed by atoms with E-state index in [2.05, 4.69) is 40.6 Å². The Balaban J connectivity index is 1.01. The number of carbonyl (C=O) groups is 1. The number of hydrogen-bond acceptors (Lipinski definition) is 11. The predicted octanol–water partition coefficient (Wildman–Crippen LogP) is 5.30. The third-order valence-corrected chi connectivity index (χ3v) is 11.5. The quantitative estimate of drug-likeness (QED) is 0.198. The van der Waals surface area contributed by atoms with E-state index in [1.165, 1.54) is 24.5 Å². The molecule has 16 heteroatoms. The van der Waals surface area contributed by atoms with E-state index in [4.69, 9.17) is 16.3 Å². The highest BCUT2D eigenvalue weighted by Gasteiger charge is 2.34. The van der Waals surface area contributed by atoms with E-state index >= 15 is 4.39 Å². The average molecular weight is 740 g/mol. The van der Waals surface area contributed by atoms with Gasteiger partial charge in [0.05, 0.1) is 10.3 Å². The fourth-order valence-electron chi connectivity index (χ4n) is 7.05. The predicted molar refractivity (Wildman–Crippen MR) is 193 cm³/mol. The Morgan fingerprint density at radius 2 is 1.77 bits per heavy atom. The minimum absolute atomic E-state index is 0.00351. The second kappa shape index (κ2) is 12.8. The van der Waals surface area contributed by atoms with Gasteiger partial charge in [-0.1, -0.05) is 48.0 Å². The minimum atomic E-state index is -4.04. The van der Waals surface area contributed by atoms with Crippen LogP contribution < -0.4 is 20.3 Å². The number of rotatable bonds is 9. The smallest absolute Gasteiger partial charge is 0.319 e. The van der Waals surface area contributed by atoms with Crippen LogP contribution in [0.3, 0.4) is 0 Å². The molecule has 2 bridgehead atoms. The molecule has 0 spiro atoms. The first-order valence-electron chi connectivity index (χ1n) is 17.0. The number of pyridine rings is 1. The van der Waals surface area contributed by atoms with Crippen molar-refractivity contribution >= 4 is 60.7 Å². The van der Waals surface area contributed by atoms with E-state index in [9.17, 15) is 13.2 Å². The molecule has 1 aliphatic carbocycles. The van der Waals surface area contributed by atoms with Crippen LogP contribution in [0.15, 0.2) is 78.1 Å². The first-order chi connectivity index (χ1) is 25.2. The van der Waals surface area contributed by atoms with Gasteiger partial charge < -0.3 is 20.3 Å². The number of halogens is 2. The summed E-state index contributed by atoms with van der Waals surface area (Å²) in [5.41, 5.74) is 0.811. The molecule has 13 nitrogen and oxygen atoms in total. The summed E-state index contributed by atoms with van der Waals surface area (Å²) in [5.74, 6) is -0.119. The SMILES string of the molecule is O=C(COc1nc(N2CC3CCC(C2)N3)c2cnc(-c3cccc4cccc(Cl)c34)c(F)c2n1)Nc1cccc(S(=O)(=O)n2cnc(C3CC3)n2)c1. The maximum Gasteiger partial charge on any atom is 0.319 e. The minimum Gasteiger partial charge on any atom is -0.453 e. The van der Waals surface area contributed by atoms with Crippen molar-refractivity contribution in [1.29, 1.82) is 0 Å². The third-order valence-electron chi connectivity index (χ3n) is 9.70. The molecule has 3 fully saturated rings. The van der Waals surface area contributed by atoms with Crippen molar-refractivity contribution in [1.82, 2.24) is 34.4 Å². The van der Waals surface area contributed by atoms with Gasteiger partial charge in [0.1, 0.15) is 23.4 Å². The van der Waals surface area contributed by atoms with E-state index in [0.717, 1.165) is 35.2 Å². The second-order valence-electron chi connectivity index (χ2n) is 13.3. The lowest BCUT2D eigenvalue weighted by Gasteiger charge is -2.34. The van der Waals surface area contributed by atoms with Gasteiger partial charge >= 0.3 is 6.01 Å². The number of ether oxygens (including phenoxy) is 1. The molecule has 2 aliphatic heterocycles. The molecule has 3 aromatic carbocycles. The molecular formula is C36H31ClFN9O4S. The van der Waals surface area contributed by atoms with Crippen LogP contribution in [0.1, 0.15) is 37.4 Å². The van der Waals surface area contributed by atoms with Crippen LogP contribution in [0.2, 0.25) is 5.02 Å². The zero-order chi connectivity index (χ0) is 35.6. The summed E-state index contributed by atoms with van der Waals surface area (Å²) >= 11 is 6.59. The summed E-state index contributed by atoms with van der Waals surface area (Å²) < 4.78 is 49.8. The fraction of sp³-hybridized carbons (Fsp3) is 0.278. The van der Waals surface area contributed by atoms with Crippen LogP contribution in [0.4, 0.5) is 15.9 Å². The van der Waals surface area contributed by atoms with Crippen LogP contribution in [-0.4, -0.2) is 75.2 Å². The van der Waals surface area contributed by atoms with Gasteiger partial charge in [0, 0.05) is 58.9 Å². The number of nitrogens with one attached hydrogen (secondary N) is 2. The van der Waals surface area contributed by atoms with Crippen LogP contribution >= 0.6 is 11.6 Å². The second-order valence-corrected chi connectivity index (χ2v) is 15.5. The summed E-state index contributed by atoms with van der Waals surface area (Å²) in [7, 11) is -4.04. The van der Waals surface area contributed by atoms with Gasteiger partial charge in [0.25, 0.3) is 15.9 Å². The van der Waals surface area contributed by atoms with Crippen molar-refractivity contribution in [2.24, 2.45) is 0 Å². The number of anilines is 2. The van der Waals surface area contributed by atoms with Crippen molar-refractivity contribution in [2.45, 2.75) is 48.6 Å². The van der Waals surface area contributed by atoms with Crippen LogP contribution in [0.5, 0.6) is 6.01 Å². The molecule has 2 atom stereocenters. The topological polar surface area (TPSA) is 157 Å². The first kappa shape index (κ1) is 32.6. The molecule has 1 saturated carbocycles. The molecule has 0 radical (unpaired) electrons. The van der Waals surface area contributed by atoms with Crippen molar-refractivity contribution in [3.63, 3.8) is 0 Å². The Bertz CT molecular complexity index is 2490. The molecule has 264 valence electrons. The maximum absolute atomic E-state index is 16.7. The third kappa shape index (κ3) is 5.97. The molecule has 52 heavy (non-hydrogen) atoms. The number of fused-ring (bicyclic) bond motifs is 4. The molecular weight excluding hydrogens is 709 g/mol. The van der Waals surface area contributed by atoms with E-state index in [1.54, 1.807) is 24.4 Å². The van der Waals surface area contributed by atoms with E-state index in [1.807, 2.05) is 24.3 Å². The van der Waals surface area contributed by atoms with Crippen LogP contribution in [0, 0.1) is 5.82 Å². The van der Waals surface area contributed by atoms with Gasteiger partial charge in [-0.05, 0) is 55.3 Å². The van der Waals surface area contributed by atoms with Crippen LogP contribution in [-0.2, 0) is 14.8 Å². The molecule has 3 aromatic heterocycles. The molecule has 2 N–H and O–H groups in total. The molecule has 2 saturated heterocycles. The Morgan fingerprint density at radius 3 is 2.56 bits per heavy atom. The molecule has 2 unspecified atom stereocenters. The normalized spacial score (nSPS) is 18.6. The largest absolute Gasteiger partial charge is 0.453 e. The van der Waals surface area contributed by atoms with Gasteiger partial charge in [0.15, 0.2) is 18.2 Å². The molecule has 3 aliphatic rings. The number of hydrogen-bond donors (Lipinski definition) is 2.